The lowest BCUT2D eigenvalue weighted by Gasteiger charge is -2.17. The fourth-order valence-corrected chi connectivity index (χ4v) is 1.74. The van der Waals surface area contributed by atoms with E-state index in [9.17, 15) is 18.0 Å². The summed E-state index contributed by atoms with van der Waals surface area (Å²) in [4.78, 5) is 11.6. The number of carbonyl (C=O) groups is 1. The van der Waals surface area contributed by atoms with E-state index < -0.39 is 17.8 Å². The van der Waals surface area contributed by atoms with Gasteiger partial charge < -0.3 is 10.6 Å². The first-order chi connectivity index (χ1) is 9.25. The highest BCUT2D eigenvalue weighted by atomic mass is 35.5. The van der Waals surface area contributed by atoms with Gasteiger partial charge in [0.2, 0.25) is 5.91 Å². The largest absolute Gasteiger partial charge is 0.416 e. The third kappa shape index (κ3) is 4.59. The zero-order valence-corrected chi connectivity index (χ0v) is 11.9. The summed E-state index contributed by atoms with van der Waals surface area (Å²) in [6.07, 6.45) is -3.63. The molecule has 0 saturated carbocycles. The van der Waals surface area contributed by atoms with Crippen LogP contribution in [0.1, 0.15) is 25.8 Å². The zero-order valence-electron chi connectivity index (χ0n) is 11.1. The number of nitrogens with one attached hydrogen (secondary N) is 2. The van der Waals surface area contributed by atoms with Crippen LogP contribution in [0.25, 0.3) is 0 Å². The molecular weight excluding hydrogens is 293 g/mol. The molecule has 1 atom stereocenters. The molecule has 1 amide bonds. The summed E-state index contributed by atoms with van der Waals surface area (Å²) in [6.45, 7) is 4.08. The van der Waals surface area contributed by atoms with Gasteiger partial charge in [-0.3, -0.25) is 4.79 Å². The second-order valence-corrected chi connectivity index (χ2v) is 4.76. The van der Waals surface area contributed by atoms with Crippen LogP contribution in [0.4, 0.5) is 18.9 Å². The van der Waals surface area contributed by atoms with E-state index in [4.69, 9.17) is 11.6 Å². The van der Waals surface area contributed by atoms with Crippen LogP contribution in [-0.2, 0) is 11.0 Å². The lowest BCUT2D eigenvalue weighted by atomic mass is 10.2. The Kier molecular flexibility index (Phi) is 5.68. The summed E-state index contributed by atoms with van der Waals surface area (Å²) in [5.41, 5.74) is -0.532. The Hall–Kier alpha value is -1.43. The maximum Gasteiger partial charge on any atom is 0.416 e. The number of carbonyl (C=O) groups excluding carboxylic acids is 1. The van der Waals surface area contributed by atoms with E-state index in [1.54, 1.807) is 6.92 Å². The Morgan fingerprint density at radius 3 is 2.55 bits per heavy atom. The Morgan fingerprint density at radius 2 is 2.05 bits per heavy atom. The van der Waals surface area contributed by atoms with Crippen LogP contribution >= 0.6 is 11.6 Å². The van der Waals surface area contributed by atoms with Gasteiger partial charge in [0.25, 0.3) is 0 Å². The van der Waals surface area contributed by atoms with Gasteiger partial charge in [-0.25, -0.2) is 0 Å². The highest BCUT2D eigenvalue weighted by Crippen LogP contribution is 2.33. The van der Waals surface area contributed by atoms with E-state index in [1.807, 2.05) is 6.92 Å². The maximum absolute atomic E-state index is 12.5. The fraction of sp³-hybridized carbons (Fsp3) is 0.462. The van der Waals surface area contributed by atoms with E-state index in [1.165, 1.54) is 6.07 Å². The van der Waals surface area contributed by atoms with E-state index in [-0.39, 0.29) is 10.9 Å². The molecule has 0 spiro atoms. The quantitative estimate of drug-likeness (QED) is 0.871. The third-order valence-electron chi connectivity index (χ3n) is 2.61. The number of halogens is 4. The summed E-state index contributed by atoms with van der Waals surface area (Å²) < 4.78 is 37.5. The summed E-state index contributed by atoms with van der Waals surface area (Å²) in [6, 6.07) is 2.39. The highest BCUT2D eigenvalue weighted by molar-refractivity contribution is 6.33. The molecule has 0 aliphatic heterocycles. The highest BCUT2D eigenvalue weighted by Gasteiger charge is 2.31. The molecule has 20 heavy (non-hydrogen) atoms. The first kappa shape index (κ1) is 16.6. The van der Waals surface area contributed by atoms with Gasteiger partial charge in [0.15, 0.2) is 0 Å². The summed E-state index contributed by atoms with van der Waals surface area (Å²) in [5.74, 6) is -0.234. The van der Waals surface area contributed by atoms with Crippen molar-refractivity contribution in [1.82, 2.24) is 5.32 Å². The molecule has 0 fully saturated rings. The SMILES string of the molecule is CCCNC(=O)C(C)Nc1ccc(C(F)(F)F)cc1Cl. The minimum absolute atomic E-state index is 0.0741. The predicted octanol–water partition coefficient (Wildman–Crippen LogP) is 3.69. The van der Waals surface area contributed by atoms with Crippen LogP contribution < -0.4 is 10.6 Å². The second-order valence-electron chi connectivity index (χ2n) is 4.35. The molecule has 1 unspecified atom stereocenters. The van der Waals surface area contributed by atoms with Crippen LogP contribution in [-0.4, -0.2) is 18.5 Å². The molecular formula is C13H16ClF3N2O. The van der Waals surface area contributed by atoms with Gasteiger partial charge in [0, 0.05) is 6.54 Å². The topological polar surface area (TPSA) is 41.1 Å². The molecule has 0 heterocycles. The van der Waals surface area contributed by atoms with Crippen LogP contribution in [0.2, 0.25) is 5.02 Å². The molecule has 0 aliphatic carbocycles. The molecule has 1 aromatic carbocycles. The molecule has 0 aliphatic rings. The second kappa shape index (κ2) is 6.83. The fourth-order valence-electron chi connectivity index (χ4n) is 1.51. The van der Waals surface area contributed by atoms with Gasteiger partial charge in [-0.05, 0) is 31.5 Å². The third-order valence-corrected chi connectivity index (χ3v) is 2.92. The molecule has 3 nitrogen and oxygen atoms in total. The molecule has 7 heteroatoms. The van der Waals surface area contributed by atoms with Crippen molar-refractivity contribution < 1.29 is 18.0 Å². The number of benzene rings is 1. The van der Waals surface area contributed by atoms with Crippen LogP contribution in [0, 0.1) is 0 Å². The molecule has 112 valence electrons. The first-order valence-corrected chi connectivity index (χ1v) is 6.54. The van der Waals surface area contributed by atoms with Crippen molar-refractivity contribution in [3.63, 3.8) is 0 Å². The van der Waals surface area contributed by atoms with Gasteiger partial charge in [-0.15, -0.1) is 0 Å². The van der Waals surface area contributed by atoms with E-state index >= 15 is 0 Å². The van der Waals surface area contributed by atoms with Gasteiger partial charge in [0.05, 0.1) is 16.3 Å². The lowest BCUT2D eigenvalue weighted by Crippen LogP contribution is -2.37. The van der Waals surface area contributed by atoms with Gasteiger partial charge in [-0.1, -0.05) is 18.5 Å². The smallest absolute Gasteiger partial charge is 0.373 e. The molecule has 2 N–H and O–H groups in total. The number of hydrogen-bond donors (Lipinski definition) is 2. The van der Waals surface area contributed by atoms with Gasteiger partial charge in [0.1, 0.15) is 6.04 Å². The minimum atomic E-state index is -4.44. The molecule has 0 radical (unpaired) electrons. The number of alkyl halides is 3. The van der Waals surface area contributed by atoms with Crippen molar-refractivity contribution in [3.8, 4) is 0 Å². The van der Waals surface area contributed by atoms with Crippen molar-refractivity contribution in [2.45, 2.75) is 32.5 Å². The molecule has 1 aromatic rings. The van der Waals surface area contributed by atoms with Gasteiger partial charge >= 0.3 is 6.18 Å². The van der Waals surface area contributed by atoms with E-state index in [2.05, 4.69) is 10.6 Å². The van der Waals surface area contributed by atoms with Crippen molar-refractivity contribution in [3.05, 3.63) is 28.8 Å². The van der Waals surface area contributed by atoms with Crippen molar-refractivity contribution in [2.75, 3.05) is 11.9 Å². The predicted molar refractivity (Wildman–Crippen MR) is 72.8 cm³/mol. The summed E-state index contributed by atoms with van der Waals surface area (Å²) in [7, 11) is 0. The van der Waals surface area contributed by atoms with Crippen molar-refractivity contribution in [1.29, 1.82) is 0 Å². The Bertz CT molecular complexity index is 477. The normalized spacial score (nSPS) is 12.9. The summed E-state index contributed by atoms with van der Waals surface area (Å²) in [5, 5.41) is 5.39. The van der Waals surface area contributed by atoms with Crippen molar-refractivity contribution >= 4 is 23.2 Å². The number of rotatable bonds is 5. The van der Waals surface area contributed by atoms with Crippen LogP contribution in [0.15, 0.2) is 18.2 Å². The van der Waals surface area contributed by atoms with Crippen molar-refractivity contribution in [2.24, 2.45) is 0 Å². The average Bonchev–Trinajstić information content (AvgIpc) is 2.36. The standard InChI is InChI=1S/C13H16ClF3N2O/c1-3-6-18-12(20)8(2)19-11-5-4-9(7-10(11)14)13(15,16)17/h4-5,7-8,19H,3,6H2,1-2H3,(H,18,20). The minimum Gasteiger partial charge on any atom is -0.373 e. The Morgan fingerprint density at radius 1 is 1.40 bits per heavy atom. The van der Waals surface area contributed by atoms with Gasteiger partial charge in [-0.2, -0.15) is 13.2 Å². The maximum atomic E-state index is 12.5. The average molecular weight is 309 g/mol. The number of anilines is 1. The Labute approximate surface area is 120 Å². The van der Waals surface area contributed by atoms with E-state index in [0.29, 0.717) is 12.2 Å². The monoisotopic (exact) mass is 308 g/mol. The molecule has 0 saturated heterocycles. The first-order valence-electron chi connectivity index (χ1n) is 6.16. The lowest BCUT2D eigenvalue weighted by molar-refractivity contribution is -0.137. The Balaban J connectivity index is 2.76. The molecule has 0 bridgehead atoms. The molecule has 1 rings (SSSR count). The van der Waals surface area contributed by atoms with Crippen LogP contribution in [0.5, 0.6) is 0 Å². The van der Waals surface area contributed by atoms with Crippen LogP contribution in [0.3, 0.4) is 0 Å². The zero-order chi connectivity index (χ0) is 15.3. The molecule has 0 aromatic heterocycles. The number of amides is 1. The van der Waals surface area contributed by atoms with E-state index in [0.717, 1.165) is 18.6 Å². The summed E-state index contributed by atoms with van der Waals surface area (Å²) >= 11 is 5.79. The number of hydrogen-bond acceptors (Lipinski definition) is 2.